The lowest BCUT2D eigenvalue weighted by atomic mass is 9.97. The molecule has 0 radical (unpaired) electrons. The maximum atomic E-state index is 12.2. The molecule has 108 valence electrons. The number of aromatic nitrogens is 2. The van der Waals surface area contributed by atoms with E-state index in [1.165, 1.54) is 0 Å². The highest BCUT2D eigenvalue weighted by Crippen LogP contribution is 2.22. The van der Waals surface area contributed by atoms with Gasteiger partial charge in [0.05, 0.1) is 16.6 Å². The molecule has 1 aromatic heterocycles. The minimum atomic E-state index is -0.898. The maximum absolute atomic E-state index is 12.2. The Morgan fingerprint density at radius 2 is 2.25 bits per heavy atom. The summed E-state index contributed by atoms with van der Waals surface area (Å²) in [5, 5.41) is 3.40. The maximum Gasteiger partial charge on any atom is 0.246 e. The summed E-state index contributed by atoms with van der Waals surface area (Å²) in [5.41, 5.74) is 6.76. The number of amides is 1. The van der Waals surface area contributed by atoms with Crippen molar-refractivity contribution in [1.29, 1.82) is 0 Å². The fourth-order valence-corrected chi connectivity index (χ4v) is 2.33. The van der Waals surface area contributed by atoms with Crippen molar-refractivity contribution >= 4 is 34.5 Å². The van der Waals surface area contributed by atoms with E-state index in [2.05, 4.69) is 10.3 Å². The summed E-state index contributed by atoms with van der Waals surface area (Å²) in [6.45, 7) is 3.72. The number of anilines is 1. The van der Waals surface area contributed by atoms with Crippen molar-refractivity contribution in [2.75, 3.05) is 5.32 Å². The second-order valence-electron chi connectivity index (χ2n) is 5.25. The van der Waals surface area contributed by atoms with Crippen molar-refractivity contribution in [2.24, 2.45) is 12.8 Å². The molecule has 6 heteroatoms. The largest absolute Gasteiger partial charge is 0.318 e. The summed E-state index contributed by atoms with van der Waals surface area (Å²) in [4.78, 5) is 16.6. The number of carbonyl (C=O) groups excluding carboxylic acids is 1. The molecule has 0 fully saturated rings. The van der Waals surface area contributed by atoms with Gasteiger partial charge in [-0.05, 0) is 31.5 Å². The lowest BCUT2D eigenvalue weighted by molar-refractivity contribution is -0.120. The van der Waals surface area contributed by atoms with Crippen LogP contribution in [0.4, 0.5) is 5.95 Å². The Morgan fingerprint density at radius 3 is 2.90 bits per heavy atom. The molecule has 0 saturated carbocycles. The molecule has 5 nitrogen and oxygen atoms in total. The molecule has 20 heavy (non-hydrogen) atoms. The van der Waals surface area contributed by atoms with Gasteiger partial charge in [0.25, 0.3) is 0 Å². The first-order valence-electron chi connectivity index (χ1n) is 6.57. The van der Waals surface area contributed by atoms with Gasteiger partial charge in [0.1, 0.15) is 0 Å². The van der Waals surface area contributed by atoms with E-state index < -0.39 is 5.54 Å². The van der Waals surface area contributed by atoms with Crippen molar-refractivity contribution in [3.05, 3.63) is 23.2 Å². The number of rotatable bonds is 4. The van der Waals surface area contributed by atoms with Crippen LogP contribution >= 0.6 is 11.6 Å². The topological polar surface area (TPSA) is 72.9 Å². The van der Waals surface area contributed by atoms with Crippen molar-refractivity contribution in [3.63, 3.8) is 0 Å². The highest BCUT2D eigenvalue weighted by Gasteiger charge is 2.28. The summed E-state index contributed by atoms with van der Waals surface area (Å²) >= 11 is 5.94. The molecule has 2 aromatic rings. The molecule has 3 N–H and O–H groups in total. The molecule has 0 aliphatic heterocycles. The second kappa shape index (κ2) is 5.42. The van der Waals surface area contributed by atoms with Crippen molar-refractivity contribution in [3.8, 4) is 0 Å². The van der Waals surface area contributed by atoms with Crippen LogP contribution in [0.2, 0.25) is 5.02 Å². The van der Waals surface area contributed by atoms with Gasteiger partial charge in [-0.15, -0.1) is 0 Å². The Labute approximate surface area is 123 Å². The normalized spacial score (nSPS) is 14.2. The first-order chi connectivity index (χ1) is 9.35. The van der Waals surface area contributed by atoms with Gasteiger partial charge < -0.3 is 10.3 Å². The second-order valence-corrected chi connectivity index (χ2v) is 5.69. The number of benzene rings is 1. The lowest BCUT2D eigenvalue weighted by Gasteiger charge is -2.22. The number of nitrogens with one attached hydrogen (secondary N) is 1. The average Bonchev–Trinajstić information content (AvgIpc) is 2.65. The lowest BCUT2D eigenvalue weighted by Crippen LogP contribution is -2.48. The van der Waals surface area contributed by atoms with Crippen LogP contribution in [0.25, 0.3) is 11.0 Å². The molecule has 1 amide bonds. The van der Waals surface area contributed by atoms with Gasteiger partial charge in [-0.1, -0.05) is 24.9 Å². The van der Waals surface area contributed by atoms with Gasteiger partial charge in [0.15, 0.2) is 0 Å². The van der Waals surface area contributed by atoms with Crippen LogP contribution in [0.3, 0.4) is 0 Å². The van der Waals surface area contributed by atoms with Crippen LogP contribution in [0.5, 0.6) is 0 Å². The number of imidazole rings is 1. The molecule has 0 aliphatic carbocycles. The molecule has 1 aromatic carbocycles. The quantitative estimate of drug-likeness (QED) is 0.910. The molecular weight excluding hydrogens is 276 g/mol. The fourth-order valence-electron chi connectivity index (χ4n) is 2.16. The summed E-state index contributed by atoms with van der Waals surface area (Å²) in [7, 11) is 1.84. The Hall–Kier alpha value is -1.59. The first-order valence-corrected chi connectivity index (χ1v) is 6.95. The van der Waals surface area contributed by atoms with E-state index in [0.717, 1.165) is 17.5 Å². The minimum Gasteiger partial charge on any atom is -0.318 e. The van der Waals surface area contributed by atoms with Gasteiger partial charge in [-0.25, -0.2) is 4.98 Å². The van der Waals surface area contributed by atoms with Crippen LogP contribution in [-0.2, 0) is 11.8 Å². The third kappa shape index (κ3) is 2.78. The summed E-state index contributed by atoms with van der Waals surface area (Å²) < 4.78 is 1.81. The summed E-state index contributed by atoms with van der Waals surface area (Å²) in [6, 6.07) is 5.43. The van der Waals surface area contributed by atoms with E-state index in [9.17, 15) is 4.79 Å². The van der Waals surface area contributed by atoms with Gasteiger partial charge in [-0.3, -0.25) is 10.1 Å². The standard InChI is InChI=1S/C14H19ClN4O/c1-4-7-14(2,16)12(20)18-13-17-10-8-9(15)5-6-11(10)19(13)3/h5-6,8H,4,7,16H2,1-3H3,(H,17,18,20). The molecular formula is C14H19ClN4O. The van der Waals surface area contributed by atoms with Crippen molar-refractivity contribution in [1.82, 2.24) is 9.55 Å². The number of hydrogen-bond acceptors (Lipinski definition) is 3. The Morgan fingerprint density at radius 1 is 1.55 bits per heavy atom. The molecule has 0 spiro atoms. The third-order valence-corrected chi connectivity index (χ3v) is 3.59. The van der Waals surface area contributed by atoms with E-state index in [1.807, 2.05) is 24.6 Å². The molecule has 1 heterocycles. The number of fused-ring (bicyclic) bond motifs is 1. The zero-order valence-corrected chi connectivity index (χ0v) is 12.7. The van der Waals surface area contributed by atoms with Crippen LogP contribution in [0, 0.1) is 0 Å². The van der Waals surface area contributed by atoms with E-state index in [-0.39, 0.29) is 5.91 Å². The zero-order chi connectivity index (χ0) is 14.9. The van der Waals surface area contributed by atoms with Crippen LogP contribution in [0.15, 0.2) is 18.2 Å². The van der Waals surface area contributed by atoms with E-state index in [1.54, 1.807) is 19.1 Å². The highest BCUT2D eigenvalue weighted by molar-refractivity contribution is 6.31. The minimum absolute atomic E-state index is 0.233. The van der Waals surface area contributed by atoms with Gasteiger partial charge in [-0.2, -0.15) is 0 Å². The van der Waals surface area contributed by atoms with Gasteiger partial charge in [0.2, 0.25) is 11.9 Å². The van der Waals surface area contributed by atoms with Crippen LogP contribution < -0.4 is 11.1 Å². The average molecular weight is 295 g/mol. The molecule has 2 rings (SSSR count). The number of aryl methyl sites for hydroxylation is 1. The van der Waals surface area contributed by atoms with Crippen LogP contribution in [-0.4, -0.2) is 21.0 Å². The summed E-state index contributed by atoms with van der Waals surface area (Å²) in [6.07, 6.45) is 1.47. The molecule has 1 unspecified atom stereocenters. The van der Waals surface area contributed by atoms with E-state index >= 15 is 0 Å². The van der Waals surface area contributed by atoms with Crippen molar-refractivity contribution < 1.29 is 4.79 Å². The van der Waals surface area contributed by atoms with E-state index in [4.69, 9.17) is 17.3 Å². The Kier molecular flexibility index (Phi) is 4.01. The first kappa shape index (κ1) is 14.8. The molecule has 0 saturated heterocycles. The number of halogens is 1. The molecule has 1 atom stereocenters. The third-order valence-electron chi connectivity index (χ3n) is 3.36. The number of nitrogens with zero attached hydrogens (tertiary/aromatic N) is 2. The fraction of sp³-hybridized carbons (Fsp3) is 0.429. The smallest absolute Gasteiger partial charge is 0.246 e. The Bertz CT molecular complexity index is 648. The number of hydrogen-bond donors (Lipinski definition) is 2. The van der Waals surface area contributed by atoms with Crippen molar-refractivity contribution in [2.45, 2.75) is 32.2 Å². The Balaban J connectivity index is 2.30. The predicted octanol–water partition coefficient (Wildman–Crippen LogP) is 2.68. The number of nitrogens with two attached hydrogens (primary N) is 1. The van der Waals surface area contributed by atoms with Crippen LogP contribution in [0.1, 0.15) is 26.7 Å². The predicted molar refractivity (Wildman–Crippen MR) is 81.9 cm³/mol. The van der Waals surface area contributed by atoms with Gasteiger partial charge >= 0.3 is 0 Å². The molecule has 0 aliphatic rings. The number of carbonyl (C=O) groups is 1. The highest BCUT2D eigenvalue weighted by atomic mass is 35.5. The van der Waals surface area contributed by atoms with Gasteiger partial charge in [0, 0.05) is 12.1 Å². The SMILES string of the molecule is CCCC(C)(N)C(=O)Nc1nc2cc(Cl)ccc2n1C. The molecule has 0 bridgehead atoms. The monoisotopic (exact) mass is 294 g/mol. The zero-order valence-electron chi connectivity index (χ0n) is 11.9. The summed E-state index contributed by atoms with van der Waals surface area (Å²) in [5.74, 6) is 0.240. The van der Waals surface area contributed by atoms with E-state index in [0.29, 0.717) is 17.4 Å².